The van der Waals surface area contributed by atoms with Crippen LogP contribution in [0.4, 0.5) is 0 Å². The zero-order valence-electron chi connectivity index (χ0n) is 4.74. The van der Waals surface area contributed by atoms with Crippen molar-refractivity contribution >= 4 is 75.4 Å². The van der Waals surface area contributed by atoms with Gasteiger partial charge < -0.3 is 5.11 Å². The number of hydrogen-bond acceptors (Lipinski definition) is 1. The van der Waals surface area contributed by atoms with Crippen LogP contribution in [-0.4, -0.2) is 34.7 Å². The Morgan fingerprint density at radius 1 is 1.18 bits per heavy atom. The van der Waals surface area contributed by atoms with Gasteiger partial charge in [-0.3, -0.25) is 0 Å². The van der Waals surface area contributed by atoms with Crippen LogP contribution in [0.3, 0.4) is 0 Å². The fourth-order valence-electron chi connectivity index (χ4n) is 0.535. The summed E-state index contributed by atoms with van der Waals surface area (Å²) in [5.74, 6) is -0.0521. The third-order valence-electron chi connectivity index (χ3n) is 0.982. The van der Waals surface area contributed by atoms with E-state index < -0.39 is 0 Å². The molecule has 0 saturated carbocycles. The molecule has 1 aromatic carbocycles. The Balaban J connectivity index is 0.000001000. The van der Waals surface area contributed by atoms with Crippen LogP contribution in [0.5, 0.6) is 5.75 Å². The van der Waals surface area contributed by atoms with E-state index in [2.05, 4.69) is 22.6 Å². The predicted octanol–water partition coefficient (Wildman–Crippen LogP) is 2.66. The molecule has 1 aromatic rings. The van der Waals surface area contributed by atoms with Gasteiger partial charge in [-0.05, 0) is 34.7 Å². The maximum absolute atomic E-state index is 9.06. The Morgan fingerprint density at radius 3 is 1.91 bits per heavy atom. The van der Waals surface area contributed by atoms with Gasteiger partial charge in [-0.1, -0.05) is 23.2 Å². The first kappa shape index (κ1) is 12.3. The number of phenols is 1. The summed E-state index contributed by atoms with van der Waals surface area (Å²) < 4.78 is 0.908. The van der Waals surface area contributed by atoms with Crippen LogP contribution in [0.15, 0.2) is 12.1 Å². The van der Waals surface area contributed by atoms with Gasteiger partial charge in [0.25, 0.3) is 0 Å². The SMILES string of the molecule is Oc1c(Cl)cc(I)cc1Cl.[NaH]. The van der Waals surface area contributed by atoms with Gasteiger partial charge in [0.1, 0.15) is 0 Å². The van der Waals surface area contributed by atoms with E-state index in [-0.39, 0.29) is 45.4 Å². The molecule has 0 aromatic heterocycles. The second kappa shape index (κ2) is 5.14. The van der Waals surface area contributed by atoms with Crippen LogP contribution in [0.2, 0.25) is 10.0 Å². The van der Waals surface area contributed by atoms with Gasteiger partial charge in [-0.15, -0.1) is 0 Å². The molecule has 56 valence electrons. The first-order chi connectivity index (χ1) is 4.61. The van der Waals surface area contributed by atoms with Crippen molar-refractivity contribution in [3.8, 4) is 5.75 Å². The van der Waals surface area contributed by atoms with Crippen molar-refractivity contribution in [1.29, 1.82) is 0 Å². The fraction of sp³-hybridized carbons (Fsp3) is 0. The van der Waals surface area contributed by atoms with E-state index in [0.717, 1.165) is 3.57 Å². The molecule has 1 N–H and O–H groups in total. The normalized spacial score (nSPS) is 9.00. The van der Waals surface area contributed by atoms with E-state index >= 15 is 0 Å². The van der Waals surface area contributed by atoms with E-state index in [9.17, 15) is 0 Å². The monoisotopic (exact) mass is 312 g/mol. The molecular formula is C6H4Cl2INaO. The van der Waals surface area contributed by atoms with Crippen LogP contribution in [0, 0.1) is 3.57 Å². The molecule has 0 heterocycles. The van der Waals surface area contributed by atoms with Gasteiger partial charge in [-0.25, -0.2) is 0 Å². The van der Waals surface area contributed by atoms with E-state index in [1.807, 2.05) is 0 Å². The zero-order valence-corrected chi connectivity index (χ0v) is 8.41. The molecule has 0 fully saturated rings. The van der Waals surface area contributed by atoms with Crippen molar-refractivity contribution in [3.05, 3.63) is 25.7 Å². The molecule has 1 nitrogen and oxygen atoms in total. The third-order valence-corrected chi connectivity index (χ3v) is 2.18. The summed E-state index contributed by atoms with van der Waals surface area (Å²) in [5.41, 5.74) is 0. The van der Waals surface area contributed by atoms with E-state index in [0.29, 0.717) is 0 Å². The van der Waals surface area contributed by atoms with Crippen LogP contribution in [0.1, 0.15) is 0 Å². The first-order valence-electron chi connectivity index (χ1n) is 2.45. The maximum atomic E-state index is 9.06. The standard InChI is InChI=1S/C6H3Cl2IO.Na.H/c7-4-1-3(9)2-5(8)6(4)10;;/h1-2,10H;;. The van der Waals surface area contributed by atoms with Gasteiger partial charge in [0.05, 0.1) is 10.0 Å². The average Bonchev–Trinajstić information content (AvgIpc) is 1.82. The number of halogens is 3. The molecule has 0 radical (unpaired) electrons. The molecule has 0 spiro atoms. The van der Waals surface area contributed by atoms with Crippen molar-refractivity contribution in [3.63, 3.8) is 0 Å². The van der Waals surface area contributed by atoms with E-state index in [1.54, 1.807) is 12.1 Å². The van der Waals surface area contributed by atoms with Crippen LogP contribution in [0.25, 0.3) is 0 Å². The van der Waals surface area contributed by atoms with Crippen LogP contribution < -0.4 is 0 Å². The molecular weight excluding hydrogens is 309 g/mol. The number of rotatable bonds is 0. The Hall–Kier alpha value is 1.33. The number of aromatic hydroxyl groups is 1. The van der Waals surface area contributed by atoms with E-state index in [1.165, 1.54) is 0 Å². The minimum absolute atomic E-state index is 0. The predicted molar refractivity (Wildman–Crippen MR) is 58.0 cm³/mol. The van der Waals surface area contributed by atoms with Crippen molar-refractivity contribution in [2.45, 2.75) is 0 Å². The summed E-state index contributed by atoms with van der Waals surface area (Å²) >= 11 is 13.2. The Bertz CT molecular complexity index is 244. The van der Waals surface area contributed by atoms with Gasteiger partial charge in [0.15, 0.2) is 5.75 Å². The fourth-order valence-corrected chi connectivity index (χ4v) is 2.01. The van der Waals surface area contributed by atoms with Crippen LogP contribution >= 0.6 is 45.8 Å². The van der Waals surface area contributed by atoms with Crippen molar-refractivity contribution in [2.24, 2.45) is 0 Å². The summed E-state index contributed by atoms with van der Waals surface area (Å²) in [7, 11) is 0. The van der Waals surface area contributed by atoms with Crippen molar-refractivity contribution in [1.82, 2.24) is 0 Å². The van der Waals surface area contributed by atoms with Gasteiger partial charge in [0.2, 0.25) is 0 Å². The number of phenolic OH excluding ortho intramolecular Hbond substituents is 1. The summed E-state index contributed by atoms with van der Waals surface area (Å²) in [6.45, 7) is 0. The van der Waals surface area contributed by atoms with Crippen molar-refractivity contribution < 1.29 is 5.11 Å². The van der Waals surface area contributed by atoms with Gasteiger partial charge >= 0.3 is 29.6 Å². The van der Waals surface area contributed by atoms with Gasteiger partial charge in [0, 0.05) is 3.57 Å². The quantitative estimate of drug-likeness (QED) is 0.577. The molecule has 1 rings (SSSR count). The Labute approximate surface area is 111 Å². The van der Waals surface area contributed by atoms with Gasteiger partial charge in [-0.2, -0.15) is 0 Å². The molecule has 5 heteroatoms. The van der Waals surface area contributed by atoms with Crippen molar-refractivity contribution in [2.75, 3.05) is 0 Å². The molecule has 0 aliphatic rings. The summed E-state index contributed by atoms with van der Waals surface area (Å²) in [4.78, 5) is 0. The molecule has 0 amide bonds. The van der Waals surface area contributed by atoms with Crippen LogP contribution in [-0.2, 0) is 0 Å². The zero-order chi connectivity index (χ0) is 7.72. The minimum atomic E-state index is -0.0521. The molecule has 0 bridgehead atoms. The Morgan fingerprint density at radius 2 is 1.55 bits per heavy atom. The van der Waals surface area contributed by atoms with E-state index in [4.69, 9.17) is 28.3 Å². The number of hydrogen-bond donors (Lipinski definition) is 1. The topological polar surface area (TPSA) is 20.2 Å². The first-order valence-corrected chi connectivity index (χ1v) is 4.28. The second-order valence-electron chi connectivity index (χ2n) is 1.72. The molecule has 11 heavy (non-hydrogen) atoms. The molecule has 0 atom stereocenters. The average molecular weight is 313 g/mol. The second-order valence-corrected chi connectivity index (χ2v) is 3.78. The summed E-state index contributed by atoms with van der Waals surface area (Å²) in [5, 5.41) is 9.64. The molecule has 0 aliphatic carbocycles. The molecule has 0 aliphatic heterocycles. The number of benzene rings is 1. The summed E-state index contributed by atoms with van der Waals surface area (Å²) in [6.07, 6.45) is 0. The Kier molecular flexibility index (Phi) is 5.77. The molecule has 0 unspecified atom stereocenters. The summed E-state index contributed by atoms with van der Waals surface area (Å²) in [6, 6.07) is 3.28. The molecule has 0 saturated heterocycles. The third kappa shape index (κ3) is 3.28.